The third-order valence-electron chi connectivity index (χ3n) is 14.7. The fourth-order valence-electron chi connectivity index (χ4n) is 10.1. The zero-order valence-electron chi connectivity index (χ0n) is 55.5. The molecule has 30 nitrogen and oxygen atoms in total. The highest BCUT2D eigenvalue weighted by molar-refractivity contribution is 6.64. The minimum Gasteiger partial charge on any atom is -0.481 e. The van der Waals surface area contributed by atoms with Gasteiger partial charge < -0.3 is 66.8 Å². The maximum atomic E-state index is 14.1. The molecule has 9 N–H and O–H groups in total. The zero-order chi connectivity index (χ0) is 74.6. The largest absolute Gasteiger partial charge is 0.481 e. The van der Waals surface area contributed by atoms with Crippen LogP contribution in [-0.4, -0.2) is 175 Å². The summed E-state index contributed by atoms with van der Waals surface area (Å²) in [7, 11) is 0. The van der Waals surface area contributed by atoms with Gasteiger partial charge in [0.15, 0.2) is 0 Å². The summed E-state index contributed by atoms with van der Waals surface area (Å²) in [5, 5.41) is 36.4. The van der Waals surface area contributed by atoms with Gasteiger partial charge in [-0.15, -0.1) is 0 Å². The van der Waals surface area contributed by atoms with Crippen molar-refractivity contribution < 1.29 is 91.7 Å². The number of fused-ring (bicyclic) bond motifs is 4. The van der Waals surface area contributed by atoms with Crippen LogP contribution in [0.15, 0.2) is 164 Å². The van der Waals surface area contributed by atoms with Crippen molar-refractivity contribution in [1.82, 2.24) is 37.2 Å². The van der Waals surface area contributed by atoms with Gasteiger partial charge in [0, 0.05) is 38.8 Å². The number of esters is 1. The third kappa shape index (κ3) is 23.5. The average Bonchev–Trinajstić information content (AvgIpc) is 1.61. The van der Waals surface area contributed by atoms with Crippen LogP contribution in [0.3, 0.4) is 0 Å². The number of carboxylic acid groups (broad SMARTS) is 2. The van der Waals surface area contributed by atoms with Gasteiger partial charge in [-0.3, -0.25) is 81.7 Å². The van der Waals surface area contributed by atoms with Gasteiger partial charge in [0.25, 0.3) is 23.6 Å². The normalized spacial score (nSPS) is 13.7. The lowest BCUT2D eigenvalue weighted by molar-refractivity contribution is -0.144. The number of aliphatic carboxylic acids is 2. The van der Waals surface area contributed by atoms with Crippen LogP contribution >= 0.6 is 11.6 Å². The van der Waals surface area contributed by atoms with E-state index in [1.54, 1.807) is 78.9 Å². The number of amides is 11. The Bertz CT molecular complexity index is 4260. The first-order valence-corrected chi connectivity index (χ1v) is 31.6. The molecule has 532 valence electrons. The Morgan fingerprint density at radius 3 is 1.28 bits per heavy atom. The third-order valence-corrected chi connectivity index (χ3v) is 14.9. The van der Waals surface area contributed by atoms with Gasteiger partial charge in [0.2, 0.25) is 46.6 Å². The highest BCUT2D eigenvalue weighted by Crippen LogP contribution is 2.35. The molecule has 2 aliphatic rings. The summed E-state index contributed by atoms with van der Waals surface area (Å²) in [6, 6.07) is 43.1. The predicted molar refractivity (Wildman–Crippen MR) is 372 cm³/mol. The first kappa shape index (κ1) is 78.3. The number of nitrogens with one attached hydrogen (secondary N) is 7. The zero-order valence-corrected chi connectivity index (χ0v) is 56.2. The molecule has 0 bridgehead atoms. The number of hydrogen-bond acceptors (Lipinski definition) is 17. The standard InChI is InChI=1S/C33H30N4O6.C30H29N5O8.C4H6ClNO2.C4H7NO3/c1-22(38)34-18-30(39)36-19-27(35-32(41)26-15-9-13-24-12-5-6-14-25(24)26)33(42)37(29-17-8-7-16-28(29)36)20-31(40)43-21-23-10-3-2-4-11-23;1-18(37)31-14-27(39)34-15-23(33-29(42)22-10-6-8-19-7-2-3-9-21(19)22)30(43)35(25-12-5-4-11-24(25)34)16-26(38)32-20(17-36)13-28(40)41;1-3(7)6-2-4(5)8;1-3(6)5-2-4(7)8/h2-17,27H,18-21H2,1H3,(H,34,38)(H,35,41);2-12,17,20,23H,13-16H2,1H3,(H,31,37)(H,32,38)(H,33,42)(H,40,41);2H2,1H3,(H,6,7);2H2,1H3,(H,5,6)(H,7,8)/t27-;20-,23-;;/m00../s1. The van der Waals surface area contributed by atoms with Gasteiger partial charge in [-0.1, -0.05) is 127 Å². The van der Waals surface area contributed by atoms with Crippen LogP contribution in [-0.2, 0) is 78.5 Å². The van der Waals surface area contributed by atoms with E-state index in [9.17, 15) is 76.7 Å². The number of carboxylic acids is 2. The Balaban J connectivity index is 0.000000264. The van der Waals surface area contributed by atoms with E-state index < -0.39 is 120 Å². The predicted octanol–water partition coefficient (Wildman–Crippen LogP) is 2.91. The molecule has 0 aliphatic carbocycles. The summed E-state index contributed by atoms with van der Waals surface area (Å²) in [4.78, 5) is 198. The van der Waals surface area contributed by atoms with Gasteiger partial charge in [-0.2, -0.15) is 0 Å². The number of aldehydes is 1. The molecule has 31 heteroatoms. The fraction of sp³-hybridized carbons (Fsp3) is 0.239. The number of para-hydroxylation sites is 4. The smallest absolute Gasteiger partial charge is 0.326 e. The topological polar surface area (TPSA) is 420 Å². The minimum atomic E-state index is -1.34. The van der Waals surface area contributed by atoms with E-state index in [4.69, 9.17) is 26.6 Å². The van der Waals surface area contributed by atoms with Crippen LogP contribution in [0.2, 0.25) is 0 Å². The second-order valence-corrected chi connectivity index (χ2v) is 22.8. The molecule has 0 radical (unpaired) electrons. The van der Waals surface area contributed by atoms with Crippen LogP contribution in [0.4, 0.5) is 22.7 Å². The molecule has 0 saturated carbocycles. The van der Waals surface area contributed by atoms with Crippen molar-refractivity contribution in [3.63, 3.8) is 0 Å². The molecule has 0 aromatic heterocycles. The van der Waals surface area contributed by atoms with Crippen LogP contribution in [0, 0.1) is 0 Å². The van der Waals surface area contributed by atoms with Crippen molar-refractivity contribution in [1.29, 1.82) is 0 Å². The number of ether oxygens (including phenoxy) is 1. The highest BCUT2D eigenvalue weighted by atomic mass is 35.5. The Morgan fingerprint density at radius 2 is 0.882 bits per heavy atom. The van der Waals surface area contributed by atoms with Crippen molar-refractivity contribution in [2.24, 2.45) is 0 Å². The Hall–Kier alpha value is -12.7. The van der Waals surface area contributed by atoms with E-state index in [1.807, 2.05) is 78.9 Å². The molecule has 2 aliphatic heterocycles. The average molecular weight is 1420 g/mol. The van der Waals surface area contributed by atoms with E-state index in [2.05, 4.69) is 37.2 Å². The van der Waals surface area contributed by atoms with Crippen LogP contribution in [0.1, 0.15) is 60.4 Å². The molecule has 0 saturated heterocycles. The van der Waals surface area contributed by atoms with Gasteiger partial charge in [0.05, 0.1) is 67.9 Å². The quantitative estimate of drug-likeness (QED) is 0.0268. The lowest BCUT2D eigenvalue weighted by atomic mass is 10.0. The van der Waals surface area contributed by atoms with E-state index in [0.717, 1.165) is 21.2 Å². The van der Waals surface area contributed by atoms with E-state index in [0.29, 0.717) is 27.7 Å². The maximum absolute atomic E-state index is 14.1. The van der Waals surface area contributed by atoms with Gasteiger partial charge in [-0.25, -0.2) is 0 Å². The minimum absolute atomic E-state index is 0.0198. The molecule has 9 rings (SSSR count). The Kier molecular flexibility index (Phi) is 29.5. The molecule has 11 amide bonds. The summed E-state index contributed by atoms with van der Waals surface area (Å²) in [5.74, 6) is -8.74. The molecule has 3 atom stereocenters. The molecular formula is C71H72ClN11O19. The maximum Gasteiger partial charge on any atom is 0.326 e. The second kappa shape index (κ2) is 38.4. The number of carbonyl (C=O) groups excluding carboxylic acids is 14. The molecule has 7 aromatic carbocycles. The first-order valence-electron chi connectivity index (χ1n) is 31.2. The molecule has 0 unspecified atom stereocenters. The Labute approximate surface area is 588 Å². The molecule has 0 fully saturated rings. The van der Waals surface area contributed by atoms with E-state index in [-0.39, 0.29) is 74.4 Å². The summed E-state index contributed by atoms with van der Waals surface area (Å²) in [5.41, 5.74) is 2.47. The lowest BCUT2D eigenvalue weighted by Crippen LogP contribution is -2.55. The van der Waals surface area contributed by atoms with E-state index in [1.165, 1.54) is 48.5 Å². The van der Waals surface area contributed by atoms with Crippen molar-refractivity contribution in [3.05, 3.63) is 180 Å². The summed E-state index contributed by atoms with van der Waals surface area (Å²) in [6.07, 6.45) is -0.380. The van der Waals surface area contributed by atoms with E-state index >= 15 is 0 Å². The SMILES string of the molecule is CC(=O)NCC(=O)Cl.CC(=O)NCC(=O)N1C[C@H](NC(=O)c2cccc3ccccc23)C(=O)N(CC(=O)N[C@H](C=O)CC(=O)O)c2ccccc21.CC(=O)NCC(=O)N1C[C@H](NC(=O)c2cccc3ccccc23)C(=O)N(CC(=O)OCc2ccccc2)c2ccccc21.CC(=O)NCC(=O)O. The van der Waals surface area contributed by atoms with Crippen molar-refractivity contribution in [2.45, 2.75) is 58.8 Å². The van der Waals surface area contributed by atoms with Crippen LogP contribution in [0.25, 0.3) is 21.5 Å². The monoisotopic (exact) mass is 1420 g/mol. The molecule has 0 spiro atoms. The number of hydrogen-bond donors (Lipinski definition) is 9. The number of rotatable bonds is 22. The van der Waals surface area contributed by atoms with Crippen molar-refractivity contribution in [3.8, 4) is 0 Å². The highest BCUT2D eigenvalue weighted by Gasteiger charge is 2.40. The lowest BCUT2D eigenvalue weighted by Gasteiger charge is -2.25. The van der Waals surface area contributed by atoms with Gasteiger partial charge >= 0.3 is 17.9 Å². The first-order chi connectivity index (χ1) is 48.6. The summed E-state index contributed by atoms with van der Waals surface area (Å²) in [6.45, 7) is 2.42. The van der Waals surface area contributed by atoms with Crippen molar-refractivity contribution in [2.75, 3.05) is 72.0 Å². The number of anilines is 4. The molecule has 102 heavy (non-hydrogen) atoms. The molecular weight excluding hydrogens is 1350 g/mol. The summed E-state index contributed by atoms with van der Waals surface area (Å²) >= 11 is 4.87. The number of nitrogens with zero attached hydrogens (tertiary/aromatic N) is 4. The number of halogens is 1. The molecule has 7 aromatic rings. The van der Waals surface area contributed by atoms with Crippen LogP contribution < -0.4 is 56.8 Å². The summed E-state index contributed by atoms with van der Waals surface area (Å²) < 4.78 is 5.46. The fourth-order valence-corrected chi connectivity index (χ4v) is 10.2. The Morgan fingerprint density at radius 1 is 0.490 bits per heavy atom. The number of benzene rings is 7. The van der Waals surface area contributed by atoms with Gasteiger partial charge in [0.1, 0.15) is 44.6 Å². The van der Waals surface area contributed by atoms with Crippen LogP contribution in [0.5, 0.6) is 0 Å². The second-order valence-electron chi connectivity index (χ2n) is 22.4. The van der Waals surface area contributed by atoms with Crippen molar-refractivity contribution >= 4 is 150 Å². The molecule has 2 heterocycles. The number of carbonyl (C=O) groups is 16. The van der Waals surface area contributed by atoms with Gasteiger partial charge in [-0.05, 0) is 75.1 Å².